The number of nitrogens with zero attached hydrogens (tertiary/aromatic N) is 2. The third-order valence-electron chi connectivity index (χ3n) is 3.05. The number of hydrogen-bond donors (Lipinski definition) is 2. The van der Waals surface area contributed by atoms with Gasteiger partial charge >= 0.3 is 0 Å². The number of nitrogens with one attached hydrogen (secondary N) is 1. The lowest BCUT2D eigenvalue weighted by atomic mass is 9.94. The predicted molar refractivity (Wildman–Crippen MR) is 79.3 cm³/mol. The number of hydrogen-bond acceptors (Lipinski definition) is 4. The Bertz CT molecular complexity index is 404. The second kappa shape index (κ2) is 8.71. The Morgan fingerprint density at radius 1 is 1.55 bits per heavy atom. The lowest BCUT2D eigenvalue weighted by Gasteiger charge is -2.16. The first-order chi connectivity index (χ1) is 9.55. The predicted octanol–water partition coefficient (Wildman–Crippen LogP) is 1.48. The monoisotopic (exact) mass is 282 g/mol. The van der Waals surface area contributed by atoms with E-state index in [2.05, 4.69) is 24.3 Å². The molecule has 1 aromatic heterocycles. The topological polar surface area (TPSA) is 82.2 Å². The van der Waals surface area contributed by atoms with E-state index < -0.39 is 0 Å². The van der Waals surface area contributed by atoms with Crippen LogP contribution in [0, 0.1) is 11.8 Å². The quantitative estimate of drug-likeness (QED) is 0.718. The maximum Gasteiger partial charge on any atom is 0.224 e. The smallest absolute Gasteiger partial charge is 0.224 e. The zero-order valence-electron chi connectivity index (χ0n) is 12.6. The number of methoxy groups -OCH3 is 1. The number of aromatic nitrogens is 2. The van der Waals surface area contributed by atoms with Gasteiger partial charge < -0.3 is 15.8 Å². The van der Waals surface area contributed by atoms with Crippen molar-refractivity contribution >= 4 is 11.6 Å². The number of anilines is 1. The van der Waals surface area contributed by atoms with E-state index in [0.29, 0.717) is 37.7 Å². The highest BCUT2D eigenvalue weighted by Crippen LogP contribution is 2.15. The molecule has 0 saturated heterocycles. The normalized spacial score (nSPS) is 12.7. The molecule has 0 aromatic carbocycles. The summed E-state index contributed by atoms with van der Waals surface area (Å²) >= 11 is 0. The first-order valence-electron chi connectivity index (χ1n) is 7.06. The van der Waals surface area contributed by atoms with Crippen LogP contribution in [-0.2, 0) is 16.1 Å². The highest BCUT2D eigenvalue weighted by atomic mass is 16.5. The fraction of sp³-hybridized carbons (Fsp3) is 0.714. The number of carbonyl (C=O) groups is 1. The van der Waals surface area contributed by atoms with Crippen molar-refractivity contribution < 1.29 is 9.53 Å². The summed E-state index contributed by atoms with van der Waals surface area (Å²) in [5.74, 6) is 0.777. The molecule has 0 aliphatic carbocycles. The van der Waals surface area contributed by atoms with Crippen LogP contribution in [0.4, 0.5) is 5.69 Å². The van der Waals surface area contributed by atoms with Crippen molar-refractivity contribution in [3.63, 3.8) is 0 Å². The van der Waals surface area contributed by atoms with E-state index in [1.807, 2.05) is 0 Å². The molecule has 1 unspecified atom stereocenters. The third kappa shape index (κ3) is 6.16. The van der Waals surface area contributed by atoms with Gasteiger partial charge in [-0.05, 0) is 24.8 Å². The van der Waals surface area contributed by atoms with Crippen LogP contribution in [-0.4, -0.2) is 35.9 Å². The Kier molecular flexibility index (Phi) is 7.25. The van der Waals surface area contributed by atoms with Gasteiger partial charge in [-0.2, -0.15) is 5.10 Å². The molecule has 1 atom stereocenters. The van der Waals surface area contributed by atoms with Gasteiger partial charge in [-0.3, -0.25) is 9.48 Å². The van der Waals surface area contributed by atoms with Gasteiger partial charge in [-0.1, -0.05) is 13.8 Å². The first kappa shape index (κ1) is 16.7. The van der Waals surface area contributed by atoms with Crippen LogP contribution in [0.5, 0.6) is 0 Å². The molecule has 0 spiro atoms. The van der Waals surface area contributed by atoms with Crippen molar-refractivity contribution in [3.05, 3.63) is 12.4 Å². The summed E-state index contributed by atoms with van der Waals surface area (Å²) in [4.78, 5) is 12.0. The number of carbonyl (C=O) groups excluding carboxylic acids is 1. The van der Waals surface area contributed by atoms with E-state index in [4.69, 9.17) is 10.5 Å². The second-order valence-corrected chi connectivity index (χ2v) is 5.47. The van der Waals surface area contributed by atoms with Gasteiger partial charge in [0.2, 0.25) is 5.91 Å². The van der Waals surface area contributed by atoms with Crippen molar-refractivity contribution in [3.8, 4) is 0 Å². The molecule has 1 amide bonds. The lowest BCUT2D eigenvalue weighted by Crippen LogP contribution is -2.23. The molecule has 114 valence electrons. The Hall–Kier alpha value is -1.40. The minimum absolute atomic E-state index is 0.00704. The number of amides is 1. The lowest BCUT2D eigenvalue weighted by molar-refractivity contribution is -0.117. The van der Waals surface area contributed by atoms with Gasteiger partial charge in [0.25, 0.3) is 0 Å². The molecular weight excluding hydrogens is 256 g/mol. The van der Waals surface area contributed by atoms with Gasteiger partial charge in [0.15, 0.2) is 0 Å². The molecule has 0 radical (unpaired) electrons. The highest BCUT2D eigenvalue weighted by molar-refractivity contribution is 5.90. The maximum atomic E-state index is 12.0. The fourth-order valence-electron chi connectivity index (χ4n) is 2.14. The molecule has 20 heavy (non-hydrogen) atoms. The average molecular weight is 282 g/mol. The molecule has 1 aromatic rings. The average Bonchev–Trinajstić information content (AvgIpc) is 2.82. The van der Waals surface area contributed by atoms with E-state index in [0.717, 1.165) is 6.42 Å². The summed E-state index contributed by atoms with van der Waals surface area (Å²) in [5, 5.41) is 7.01. The van der Waals surface area contributed by atoms with Crippen LogP contribution in [0.1, 0.15) is 26.7 Å². The van der Waals surface area contributed by atoms with Gasteiger partial charge in [0.05, 0.1) is 25.0 Å². The number of nitrogens with two attached hydrogens (primary N) is 1. The molecule has 0 aliphatic rings. The molecule has 0 fully saturated rings. The standard InChI is InChI=1S/C14H26N4O2/c1-11(2)6-12(8-15)7-14(19)17-13-9-16-18(10-13)4-5-20-3/h9-12H,4-8,15H2,1-3H3,(H,17,19). The van der Waals surface area contributed by atoms with Crippen LogP contribution in [0.2, 0.25) is 0 Å². The molecule has 0 saturated carbocycles. The van der Waals surface area contributed by atoms with E-state index in [1.54, 1.807) is 24.2 Å². The minimum atomic E-state index is -0.00704. The van der Waals surface area contributed by atoms with Crippen LogP contribution in [0.25, 0.3) is 0 Å². The van der Waals surface area contributed by atoms with Gasteiger partial charge in [-0.25, -0.2) is 0 Å². The molecule has 6 nitrogen and oxygen atoms in total. The maximum absolute atomic E-state index is 12.0. The Morgan fingerprint density at radius 2 is 2.30 bits per heavy atom. The Labute approximate surface area is 120 Å². The zero-order chi connectivity index (χ0) is 15.0. The molecular formula is C14H26N4O2. The van der Waals surface area contributed by atoms with E-state index in [1.165, 1.54) is 0 Å². The van der Waals surface area contributed by atoms with Gasteiger partial charge in [0, 0.05) is 19.7 Å². The van der Waals surface area contributed by atoms with Crippen molar-refractivity contribution in [1.82, 2.24) is 9.78 Å². The fourth-order valence-corrected chi connectivity index (χ4v) is 2.14. The number of ether oxygens (including phenoxy) is 1. The van der Waals surface area contributed by atoms with Gasteiger partial charge in [0.1, 0.15) is 0 Å². The molecule has 0 bridgehead atoms. The van der Waals surface area contributed by atoms with Crippen LogP contribution in [0.15, 0.2) is 12.4 Å². The molecule has 1 heterocycles. The summed E-state index contributed by atoms with van der Waals surface area (Å²) in [5.41, 5.74) is 6.43. The van der Waals surface area contributed by atoms with Crippen LogP contribution in [0.3, 0.4) is 0 Å². The minimum Gasteiger partial charge on any atom is -0.383 e. The van der Waals surface area contributed by atoms with Gasteiger partial charge in [-0.15, -0.1) is 0 Å². The summed E-state index contributed by atoms with van der Waals surface area (Å²) < 4.78 is 6.72. The Morgan fingerprint density at radius 3 is 2.90 bits per heavy atom. The first-order valence-corrected chi connectivity index (χ1v) is 7.06. The highest BCUT2D eigenvalue weighted by Gasteiger charge is 2.14. The largest absolute Gasteiger partial charge is 0.383 e. The molecule has 1 rings (SSSR count). The summed E-state index contributed by atoms with van der Waals surface area (Å²) in [7, 11) is 1.65. The van der Waals surface area contributed by atoms with E-state index in [-0.39, 0.29) is 11.8 Å². The van der Waals surface area contributed by atoms with Crippen LogP contribution < -0.4 is 11.1 Å². The Balaban J connectivity index is 2.42. The molecule has 3 N–H and O–H groups in total. The number of rotatable bonds is 9. The van der Waals surface area contributed by atoms with E-state index >= 15 is 0 Å². The SMILES string of the molecule is COCCn1cc(NC(=O)CC(CN)CC(C)C)cn1. The summed E-state index contributed by atoms with van der Waals surface area (Å²) in [6.07, 6.45) is 4.87. The molecule has 0 aliphatic heterocycles. The second-order valence-electron chi connectivity index (χ2n) is 5.47. The summed E-state index contributed by atoms with van der Waals surface area (Å²) in [6.45, 7) is 6.09. The van der Waals surface area contributed by atoms with Crippen LogP contribution >= 0.6 is 0 Å². The zero-order valence-corrected chi connectivity index (χ0v) is 12.6. The molecule has 6 heteroatoms. The van der Waals surface area contributed by atoms with Crippen molar-refractivity contribution in [2.45, 2.75) is 33.2 Å². The van der Waals surface area contributed by atoms with Crippen molar-refractivity contribution in [1.29, 1.82) is 0 Å². The van der Waals surface area contributed by atoms with Crippen molar-refractivity contribution in [2.24, 2.45) is 17.6 Å². The third-order valence-corrected chi connectivity index (χ3v) is 3.05. The van der Waals surface area contributed by atoms with Crippen molar-refractivity contribution in [2.75, 3.05) is 25.6 Å². The summed E-state index contributed by atoms with van der Waals surface area (Å²) in [6, 6.07) is 0. The van der Waals surface area contributed by atoms with E-state index in [9.17, 15) is 4.79 Å².